The van der Waals surface area contributed by atoms with E-state index in [9.17, 15) is 4.79 Å². The van der Waals surface area contributed by atoms with Crippen LogP contribution in [-0.2, 0) is 11.2 Å². The zero-order valence-electron chi connectivity index (χ0n) is 19.6. The second kappa shape index (κ2) is 7.07. The van der Waals surface area contributed by atoms with Gasteiger partial charge in [0.05, 0.1) is 0 Å². The number of ketones is 1. The molecule has 0 aromatic heterocycles. The summed E-state index contributed by atoms with van der Waals surface area (Å²) >= 11 is 0. The first kappa shape index (κ1) is 20.5. The predicted octanol–water partition coefficient (Wildman–Crippen LogP) is 7.55. The fourth-order valence-corrected chi connectivity index (χ4v) is 8.69. The van der Waals surface area contributed by atoms with Gasteiger partial charge in [-0.15, -0.1) is 0 Å². The Labute approximate surface area is 183 Å². The Bertz CT molecular complexity index is 866. The van der Waals surface area contributed by atoms with Gasteiger partial charge in [-0.25, -0.2) is 0 Å². The summed E-state index contributed by atoms with van der Waals surface area (Å²) in [4.78, 5) is 12.3. The summed E-state index contributed by atoms with van der Waals surface area (Å²) in [6.45, 7) is 10.1. The zero-order valence-corrected chi connectivity index (χ0v) is 19.6. The lowest BCUT2D eigenvalue weighted by Gasteiger charge is -2.61. The van der Waals surface area contributed by atoms with E-state index in [0.717, 1.165) is 37.0 Å². The Morgan fingerprint density at radius 1 is 0.967 bits per heavy atom. The van der Waals surface area contributed by atoms with Crippen LogP contribution >= 0.6 is 0 Å². The van der Waals surface area contributed by atoms with Crippen molar-refractivity contribution in [2.45, 2.75) is 91.9 Å². The summed E-state index contributed by atoms with van der Waals surface area (Å²) in [5.41, 5.74) is 6.18. The predicted molar refractivity (Wildman–Crippen MR) is 124 cm³/mol. The minimum atomic E-state index is 0.226. The molecule has 162 valence electrons. The first-order chi connectivity index (χ1) is 14.3. The molecule has 1 heteroatoms. The van der Waals surface area contributed by atoms with Crippen LogP contribution in [0.2, 0.25) is 0 Å². The Morgan fingerprint density at radius 2 is 1.73 bits per heavy atom. The fourth-order valence-electron chi connectivity index (χ4n) is 8.69. The highest BCUT2D eigenvalue weighted by Crippen LogP contribution is 2.68. The highest BCUT2D eigenvalue weighted by Gasteiger charge is 2.59. The van der Waals surface area contributed by atoms with Crippen LogP contribution in [-0.4, -0.2) is 5.78 Å². The smallest absolute Gasteiger partial charge is 0.133 e. The minimum absolute atomic E-state index is 0.226. The van der Waals surface area contributed by atoms with E-state index in [4.69, 9.17) is 0 Å². The van der Waals surface area contributed by atoms with Crippen LogP contribution in [0, 0.1) is 34.0 Å². The topological polar surface area (TPSA) is 17.1 Å². The number of allylic oxidation sites excluding steroid dienone is 2. The van der Waals surface area contributed by atoms with Gasteiger partial charge in [-0.2, -0.15) is 0 Å². The fraction of sp³-hybridized carbons (Fsp3) is 0.690. The summed E-state index contributed by atoms with van der Waals surface area (Å²) in [6, 6.07) is 11.1. The van der Waals surface area contributed by atoms with Crippen molar-refractivity contribution in [1.82, 2.24) is 0 Å². The molecule has 0 unspecified atom stereocenters. The van der Waals surface area contributed by atoms with Crippen molar-refractivity contribution >= 4 is 5.78 Å². The molecular formula is C29H40O. The number of hydrogen-bond donors (Lipinski definition) is 0. The van der Waals surface area contributed by atoms with Crippen LogP contribution in [0.1, 0.15) is 91.0 Å². The minimum Gasteiger partial charge on any atom is -0.300 e. The molecule has 3 fully saturated rings. The molecule has 30 heavy (non-hydrogen) atoms. The molecule has 0 radical (unpaired) electrons. The molecule has 0 N–H and O–H groups in total. The molecule has 3 saturated carbocycles. The summed E-state index contributed by atoms with van der Waals surface area (Å²) in [5, 5.41) is 0. The van der Waals surface area contributed by atoms with Gasteiger partial charge < -0.3 is 0 Å². The first-order valence-electron chi connectivity index (χ1n) is 12.5. The van der Waals surface area contributed by atoms with Crippen LogP contribution in [0.5, 0.6) is 0 Å². The lowest BCUT2D eigenvalue weighted by Crippen LogP contribution is -2.53. The number of carbonyl (C=O) groups excluding carboxylic acids is 1. The van der Waals surface area contributed by atoms with Crippen molar-refractivity contribution in [2.24, 2.45) is 34.0 Å². The molecule has 6 atom stereocenters. The number of fused-ring (bicyclic) bond motifs is 4. The van der Waals surface area contributed by atoms with Crippen molar-refractivity contribution in [2.75, 3.05) is 0 Å². The van der Waals surface area contributed by atoms with E-state index in [2.05, 4.69) is 58.0 Å². The second-order valence-corrected chi connectivity index (χ2v) is 12.0. The Morgan fingerprint density at radius 3 is 2.50 bits per heavy atom. The van der Waals surface area contributed by atoms with Crippen molar-refractivity contribution in [3.8, 4) is 0 Å². The Balaban J connectivity index is 1.44. The number of hydrogen-bond acceptors (Lipinski definition) is 1. The van der Waals surface area contributed by atoms with Crippen molar-refractivity contribution < 1.29 is 4.79 Å². The average Bonchev–Trinajstić information content (AvgIpc) is 3.07. The van der Waals surface area contributed by atoms with E-state index in [1.165, 1.54) is 50.5 Å². The molecule has 0 heterocycles. The molecule has 5 rings (SSSR count). The van der Waals surface area contributed by atoms with E-state index >= 15 is 0 Å². The van der Waals surface area contributed by atoms with Crippen LogP contribution in [0.25, 0.3) is 0 Å². The average molecular weight is 405 g/mol. The van der Waals surface area contributed by atoms with E-state index in [0.29, 0.717) is 16.6 Å². The number of Topliss-reactive ketones (excluding diaryl/α,β-unsaturated/α-hetero) is 1. The Kier molecular flexibility index (Phi) is 4.84. The monoisotopic (exact) mass is 404 g/mol. The number of benzene rings is 1. The van der Waals surface area contributed by atoms with Gasteiger partial charge in [0.1, 0.15) is 5.78 Å². The summed E-state index contributed by atoms with van der Waals surface area (Å²) in [7, 11) is 0. The highest BCUT2D eigenvalue weighted by molar-refractivity contribution is 5.80. The van der Waals surface area contributed by atoms with Gasteiger partial charge in [-0.05, 0) is 90.9 Å². The third kappa shape index (κ3) is 2.90. The maximum atomic E-state index is 12.3. The van der Waals surface area contributed by atoms with Crippen LogP contribution < -0.4 is 0 Å². The number of rotatable bonds is 3. The van der Waals surface area contributed by atoms with E-state index in [1.807, 2.05) is 11.1 Å². The van der Waals surface area contributed by atoms with Crippen LogP contribution in [0.15, 0.2) is 41.5 Å². The van der Waals surface area contributed by atoms with Gasteiger partial charge in [0, 0.05) is 12.8 Å². The van der Waals surface area contributed by atoms with E-state index in [-0.39, 0.29) is 5.41 Å². The molecule has 4 aliphatic carbocycles. The molecule has 0 spiro atoms. The third-order valence-corrected chi connectivity index (χ3v) is 10.7. The lowest BCUT2D eigenvalue weighted by atomic mass is 9.43. The molecule has 0 saturated heterocycles. The van der Waals surface area contributed by atoms with E-state index < -0.39 is 0 Å². The maximum absolute atomic E-state index is 12.3. The van der Waals surface area contributed by atoms with Crippen molar-refractivity contribution in [1.29, 1.82) is 0 Å². The van der Waals surface area contributed by atoms with E-state index in [1.54, 1.807) is 0 Å². The van der Waals surface area contributed by atoms with Gasteiger partial charge in [0.25, 0.3) is 0 Å². The van der Waals surface area contributed by atoms with Crippen molar-refractivity contribution in [3.63, 3.8) is 0 Å². The van der Waals surface area contributed by atoms with Gasteiger partial charge in [-0.3, -0.25) is 4.79 Å². The van der Waals surface area contributed by atoms with Crippen LogP contribution in [0.4, 0.5) is 0 Å². The third-order valence-electron chi connectivity index (χ3n) is 10.7. The molecule has 0 aliphatic heterocycles. The van der Waals surface area contributed by atoms with Crippen molar-refractivity contribution in [3.05, 3.63) is 47.0 Å². The summed E-state index contributed by atoms with van der Waals surface area (Å²) < 4.78 is 0. The maximum Gasteiger partial charge on any atom is 0.133 e. The molecule has 1 aromatic rings. The van der Waals surface area contributed by atoms with Gasteiger partial charge >= 0.3 is 0 Å². The Hall–Kier alpha value is -1.37. The SMILES string of the molecule is C[C@H](Cc1ccccc1)[C@H]1CCC2=C3CC[C@]4(C)CC(=O)CC[C@]4(C)[C@H]3CC[C@@]21C. The highest BCUT2D eigenvalue weighted by atomic mass is 16.1. The van der Waals surface area contributed by atoms with Gasteiger partial charge in [0.15, 0.2) is 0 Å². The molecule has 0 amide bonds. The number of carbonyl (C=O) groups is 1. The molecule has 1 aromatic carbocycles. The van der Waals surface area contributed by atoms with Gasteiger partial charge in [-0.1, -0.05) is 69.2 Å². The molecule has 0 bridgehead atoms. The standard InChI is InChI=1S/C29H40O/c1-20(18-21-8-6-5-7-9-21)24-10-11-25-23-13-15-27(2)19-22(30)12-17-29(27,4)26(23)14-16-28(24,25)3/h5-9,20,24,26H,10-19H2,1-4H3/t20-,24-,26+,27-,28-,29-/m1/s1. The lowest BCUT2D eigenvalue weighted by molar-refractivity contribution is -0.136. The summed E-state index contributed by atoms with van der Waals surface area (Å²) in [5.74, 6) is 2.80. The second-order valence-electron chi connectivity index (χ2n) is 12.0. The quantitative estimate of drug-likeness (QED) is 0.475. The zero-order chi connectivity index (χ0) is 21.1. The molecule has 1 nitrogen and oxygen atoms in total. The molecule has 4 aliphatic rings. The van der Waals surface area contributed by atoms with Gasteiger partial charge in [0.2, 0.25) is 0 Å². The van der Waals surface area contributed by atoms with Crippen LogP contribution in [0.3, 0.4) is 0 Å². The normalized spacial score (nSPS) is 41.8. The summed E-state index contributed by atoms with van der Waals surface area (Å²) in [6.07, 6.45) is 11.9. The largest absolute Gasteiger partial charge is 0.300 e. The first-order valence-corrected chi connectivity index (χ1v) is 12.5. The molecular weight excluding hydrogens is 364 g/mol.